The minimum absolute atomic E-state index is 0.566. The van der Waals surface area contributed by atoms with E-state index in [0.717, 1.165) is 6.42 Å². The van der Waals surface area contributed by atoms with E-state index in [1.54, 1.807) is 0 Å². The molecule has 0 amide bonds. The average Bonchev–Trinajstić information content (AvgIpc) is 2.29. The summed E-state index contributed by atoms with van der Waals surface area (Å²) >= 11 is 0. The highest BCUT2D eigenvalue weighted by Crippen LogP contribution is 2.38. The van der Waals surface area contributed by atoms with Crippen molar-refractivity contribution in [2.24, 2.45) is 23.7 Å². The third kappa shape index (κ3) is 6.74. The van der Waals surface area contributed by atoms with Crippen LogP contribution in [-0.4, -0.2) is 25.5 Å². The molecule has 0 fully saturated rings. The molecule has 2 unspecified atom stereocenters. The van der Waals surface area contributed by atoms with Crippen molar-refractivity contribution in [2.45, 2.75) is 53.9 Å². The Balaban J connectivity index is 4.65. The number of nitrogens with zero attached hydrogens (tertiary/aromatic N) is 1. The molecule has 0 aromatic heterocycles. The van der Waals surface area contributed by atoms with E-state index in [9.17, 15) is 0 Å². The Morgan fingerprint density at radius 2 is 1.40 bits per heavy atom. The van der Waals surface area contributed by atoms with Crippen LogP contribution in [0.15, 0.2) is 24.3 Å². The van der Waals surface area contributed by atoms with Gasteiger partial charge in [0.05, 0.1) is 0 Å². The van der Waals surface area contributed by atoms with Crippen LogP contribution in [-0.2, 0) is 0 Å². The Morgan fingerprint density at radius 1 is 0.900 bits per heavy atom. The molecule has 0 aliphatic heterocycles. The zero-order chi connectivity index (χ0) is 15.9. The molecule has 0 radical (unpaired) electrons. The highest BCUT2D eigenvalue weighted by molar-refractivity contribution is 5.12. The highest BCUT2D eigenvalue weighted by Gasteiger charge is 2.29. The summed E-state index contributed by atoms with van der Waals surface area (Å²) in [6.45, 7) is 21.3. The second-order valence-corrected chi connectivity index (χ2v) is 7.30. The van der Waals surface area contributed by atoms with Gasteiger partial charge in [0.15, 0.2) is 0 Å². The maximum atomic E-state index is 4.42. The van der Waals surface area contributed by atoms with Crippen LogP contribution >= 0.6 is 0 Å². The van der Waals surface area contributed by atoms with Crippen LogP contribution < -0.4 is 0 Å². The Morgan fingerprint density at radius 3 is 1.75 bits per heavy atom. The van der Waals surface area contributed by atoms with E-state index in [0.29, 0.717) is 23.7 Å². The van der Waals surface area contributed by atoms with Gasteiger partial charge >= 0.3 is 0 Å². The zero-order valence-electron chi connectivity index (χ0n) is 15.0. The monoisotopic (exact) mass is 279 g/mol. The molecule has 0 heterocycles. The molecule has 1 nitrogen and oxygen atoms in total. The van der Waals surface area contributed by atoms with E-state index < -0.39 is 0 Å². The van der Waals surface area contributed by atoms with Crippen LogP contribution in [0.5, 0.6) is 0 Å². The fourth-order valence-electron chi connectivity index (χ4n) is 3.38. The van der Waals surface area contributed by atoms with Gasteiger partial charge in [-0.2, -0.15) is 0 Å². The third-order valence-corrected chi connectivity index (χ3v) is 4.22. The predicted octanol–water partition coefficient (Wildman–Crippen LogP) is 5.40. The summed E-state index contributed by atoms with van der Waals surface area (Å²) in [6, 6.07) is 0. The Bertz CT molecular complexity index is 299. The fraction of sp³-hybridized carbons (Fsp3) is 0.789. The van der Waals surface area contributed by atoms with E-state index in [-0.39, 0.29) is 0 Å². The molecule has 2 atom stereocenters. The van der Waals surface area contributed by atoms with Gasteiger partial charge in [-0.15, -0.1) is 0 Å². The molecule has 0 spiro atoms. The summed E-state index contributed by atoms with van der Waals surface area (Å²) in [5.41, 5.74) is 2.74. The standard InChI is InChI=1S/C19H37N/c1-14(2)18(15(3)4)19(16(5)6)17(7)12-10-11-13-20(8)9/h15-16,18-19H,1,7,10-13H2,2-6,8-9H3. The van der Waals surface area contributed by atoms with Crippen LogP contribution in [0.2, 0.25) is 0 Å². The molecule has 0 aromatic rings. The molecule has 0 aromatic carbocycles. The Hall–Kier alpha value is -0.560. The summed E-state index contributed by atoms with van der Waals surface area (Å²) in [4.78, 5) is 2.26. The van der Waals surface area contributed by atoms with Gasteiger partial charge in [0, 0.05) is 0 Å². The Labute approximate surface area is 128 Å². The van der Waals surface area contributed by atoms with Gasteiger partial charge in [-0.1, -0.05) is 52.0 Å². The number of allylic oxidation sites excluding steroid dienone is 2. The van der Waals surface area contributed by atoms with Crippen molar-refractivity contribution >= 4 is 0 Å². The zero-order valence-corrected chi connectivity index (χ0v) is 15.0. The van der Waals surface area contributed by atoms with E-state index in [1.165, 1.54) is 30.5 Å². The molecule has 118 valence electrons. The van der Waals surface area contributed by atoms with Gasteiger partial charge in [-0.3, -0.25) is 0 Å². The molecule has 0 saturated heterocycles. The minimum atomic E-state index is 0.566. The molecular formula is C19H37N. The normalized spacial score (nSPS) is 14.9. The lowest BCUT2D eigenvalue weighted by Crippen LogP contribution is -2.27. The van der Waals surface area contributed by atoms with Crippen molar-refractivity contribution in [1.29, 1.82) is 0 Å². The van der Waals surface area contributed by atoms with Crippen molar-refractivity contribution in [1.82, 2.24) is 4.90 Å². The van der Waals surface area contributed by atoms with Gasteiger partial charge in [0.25, 0.3) is 0 Å². The van der Waals surface area contributed by atoms with Crippen molar-refractivity contribution < 1.29 is 0 Å². The molecule has 0 rings (SSSR count). The van der Waals surface area contributed by atoms with Crippen LogP contribution in [0.25, 0.3) is 0 Å². The number of unbranched alkanes of at least 4 members (excludes halogenated alkanes) is 1. The van der Waals surface area contributed by atoms with Crippen molar-refractivity contribution in [3.05, 3.63) is 24.3 Å². The van der Waals surface area contributed by atoms with Crippen molar-refractivity contribution in [2.75, 3.05) is 20.6 Å². The van der Waals surface area contributed by atoms with Crippen LogP contribution in [0.4, 0.5) is 0 Å². The SMILES string of the molecule is C=C(C)C(C(C)C)C(C(=C)CCCCN(C)C)C(C)C. The fourth-order valence-corrected chi connectivity index (χ4v) is 3.38. The largest absolute Gasteiger partial charge is 0.309 e. The first-order valence-corrected chi connectivity index (χ1v) is 8.16. The molecule has 0 aliphatic rings. The van der Waals surface area contributed by atoms with Gasteiger partial charge < -0.3 is 4.90 Å². The van der Waals surface area contributed by atoms with Gasteiger partial charge in [0.2, 0.25) is 0 Å². The molecule has 0 aliphatic carbocycles. The summed E-state index contributed by atoms with van der Waals surface area (Å²) < 4.78 is 0. The topological polar surface area (TPSA) is 3.24 Å². The summed E-state index contributed by atoms with van der Waals surface area (Å²) in [6.07, 6.45) is 3.67. The first-order chi connectivity index (χ1) is 9.18. The first-order valence-electron chi connectivity index (χ1n) is 8.16. The smallest absolute Gasteiger partial charge is 0.00247 e. The van der Waals surface area contributed by atoms with Crippen molar-refractivity contribution in [3.8, 4) is 0 Å². The van der Waals surface area contributed by atoms with Gasteiger partial charge in [-0.25, -0.2) is 0 Å². The lowest BCUT2D eigenvalue weighted by Gasteiger charge is -2.35. The summed E-state index contributed by atoms with van der Waals surface area (Å²) in [5, 5.41) is 0. The third-order valence-electron chi connectivity index (χ3n) is 4.22. The van der Waals surface area contributed by atoms with Gasteiger partial charge in [-0.05, 0) is 70.5 Å². The summed E-state index contributed by atoms with van der Waals surface area (Å²) in [7, 11) is 4.28. The minimum Gasteiger partial charge on any atom is -0.309 e. The van der Waals surface area contributed by atoms with Crippen LogP contribution in [0, 0.1) is 23.7 Å². The van der Waals surface area contributed by atoms with Crippen LogP contribution in [0.1, 0.15) is 53.9 Å². The van der Waals surface area contributed by atoms with E-state index in [1.807, 2.05) is 0 Å². The number of rotatable bonds is 10. The van der Waals surface area contributed by atoms with Crippen molar-refractivity contribution in [3.63, 3.8) is 0 Å². The number of hydrogen-bond acceptors (Lipinski definition) is 1. The average molecular weight is 280 g/mol. The molecule has 0 bridgehead atoms. The Kier molecular flexibility index (Phi) is 9.13. The molecular weight excluding hydrogens is 242 g/mol. The van der Waals surface area contributed by atoms with Gasteiger partial charge in [0.1, 0.15) is 0 Å². The lowest BCUT2D eigenvalue weighted by atomic mass is 9.70. The van der Waals surface area contributed by atoms with Crippen LogP contribution in [0.3, 0.4) is 0 Å². The second kappa shape index (κ2) is 9.39. The summed E-state index contributed by atoms with van der Waals surface area (Å²) in [5.74, 6) is 2.42. The molecule has 20 heavy (non-hydrogen) atoms. The molecule has 1 heteroatoms. The van der Waals surface area contributed by atoms with E-state index >= 15 is 0 Å². The van der Waals surface area contributed by atoms with E-state index in [2.05, 4.69) is 66.8 Å². The first kappa shape index (κ1) is 19.4. The lowest BCUT2D eigenvalue weighted by molar-refractivity contribution is 0.262. The molecule has 0 N–H and O–H groups in total. The van der Waals surface area contributed by atoms with E-state index in [4.69, 9.17) is 0 Å². The second-order valence-electron chi connectivity index (χ2n) is 7.30. The quantitative estimate of drug-likeness (QED) is 0.382. The molecule has 0 saturated carbocycles. The maximum absolute atomic E-state index is 4.42. The maximum Gasteiger partial charge on any atom is -0.00247 e. The number of hydrogen-bond donors (Lipinski definition) is 0. The highest BCUT2D eigenvalue weighted by atomic mass is 15.0. The predicted molar refractivity (Wildman–Crippen MR) is 93.0 cm³/mol.